The van der Waals surface area contributed by atoms with Crippen LogP contribution in [-0.2, 0) is 43.4 Å². The SMILES string of the molecule is CCOC(OCC)[C@H](C)N(Cc1cccc2ccccc12)C(=O)[C@H](Cc1ccc(OC(C)(C)C)cc1)NC(=O)CONC(=O)NCc1ccc(Cl)cc1. The van der Waals surface area contributed by atoms with Crippen molar-refractivity contribution in [2.45, 2.75) is 85.0 Å². The molecule has 0 aliphatic heterocycles. The normalized spacial score (nSPS) is 12.6. The van der Waals surface area contributed by atoms with Gasteiger partial charge < -0.3 is 29.7 Å². The number of carbonyl (C=O) groups excluding carboxylic acids is 3. The number of fused-ring (bicyclic) bond motifs is 1. The molecule has 53 heavy (non-hydrogen) atoms. The first-order valence-electron chi connectivity index (χ1n) is 17.8. The summed E-state index contributed by atoms with van der Waals surface area (Å²) in [4.78, 5) is 47.4. The molecule has 4 aromatic rings. The predicted octanol–water partition coefficient (Wildman–Crippen LogP) is 6.95. The number of nitrogens with zero attached hydrogens (tertiary/aromatic N) is 1. The molecular formula is C41H51ClN4O7. The third-order valence-corrected chi connectivity index (χ3v) is 8.46. The van der Waals surface area contributed by atoms with Crippen LogP contribution in [0.1, 0.15) is 58.2 Å². The molecule has 0 radical (unpaired) electrons. The first kappa shape index (κ1) is 41.1. The van der Waals surface area contributed by atoms with E-state index in [0.717, 1.165) is 27.5 Å². The molecule has 284 valence electrons. The van der Waals surface area contributed by atoms with E-state index >= 15 is 0 Å². The van der Waals surface area contributed by atoms with Crippen molar-refractivity contribution in [1.82, 2.24) is 21.0 Å². The van der Waals surface area contributed by atoms with E-state index in [1.54, 1.807) is 29.2 Å². The molecule has 4 amide bonds. The highest BCUT2D eigenvalue weighted by Gasteiger charge is 2.34. The van der Waals surface area contributed by atoms with Crippen molar-refractivity contribution in [3.05, 3.63) is 113 Å². The van der Waals surface area contributed by atoms with Gasteiger partial charge in [0.05, 0.1) is 6.04 Å². The van der Waals surface area contributed by atoms with Gasteiger partial charge in [0.15, 0.2) is 12.9 Å². The maximum absolute atomic E-state index is 14.8. The van der Waals surface area contributed by atoms with Crippen molar-refractivity contribution < 1.29 is 33.4 Å². The van der Waals surface area contributed by atoms with Crippen LogP contribution in [0, 0.1) is 0 Å². The molecule has 0 aliphatic carbocycles. The van der Waals surface area contributed by atoms with Gasteiger partial charge in [0.2, 0.25) is 11.8 Å². The summed E-state index contributed by atoms with van der Waals surface area (Å²) in [5.41, 5.74) is 4.41. The highest BCUT2D eigenvalue weighted by atomic mass is 35.5. The van der Waals surface area contributed by atoms with Crippen molar-refractivity contribution in [2.24, 2.45) is 0 Å². The van der Waals surface area contributed by atoms with Crippen molar-refractivity contribution in [3.63, 3.8) is 0 Å². The number of amides is 4. The standard InChI is InChI=1S/C41H51ClN4O7/c1-7-50-39(51-8-2)28(3)46(26-32-14-11-13-31-12-9-10-15-35(31)32)38(48)36(24-29-18-22-34(23-19-29)53-41(4,5)6)44-37(47)27-52-45-40(49)43-25-30-16-20-33(42)21-17-30/h9-23,28,36,39H,7-8,24-27H2,1-6H3,(H,44,47)(H2,43,45,49)/t28-,36-/m0/s1. The van der Waals surface area contributed by atoms with Gasteiger partial charge in [0.25, 0.3) is 0 Å². The summed E-state index contributed by atoms with van der Waals surface area (Å²) in [6.45, 7) is 12.2. The van der Waals surface area contributed by atoms with Crippen LogP contribution in [0.3, 0.4) is 0 Å². The van der Waals surface area contributed by atoms with Crippen molar-refractivity contribution in [1.29, 1.82) is 0 Å². The zero-order chi connectivity index (χ0) is 38.4. The van der Waals surface area contributed by atoms with Gasteiger partial charge in [-0.3, -0.25) is 14.4 Å². The van der Waals surface area contributed by atoms with E-state index in [1.807, 2.05) is 108 Å². The zero-order valence-corrected chi connectivity index (χ0v) is 32.1. The Kier molecular flexibility index (Phi) is 15.5. The number of hydrogen-bond acceptors (Lipinski definition) is 7. The van der Waals surface area contributed by atoms with Gasteiger partial charge in [0, 0.05) is 37.7 Å². The largest absolute Gasteiger partial charge is 0.488 e. The molecule has 0 unspecified atom stereocenters. The van der Waals surface area contributed by atoms with Gasteiger partial charge in [-0.1, -0.05) is 78.3 Å². The molecule has 3 N–H and O–H groups in total. The number of urea groups is 1. The highest BCUT2D eigenvalue weighted by molar-refractivity contribution is 6.30. The van der Waals surface area contributed by atoms with Gasteiger partial charge in [0.1, 0.15) is 17.4 Å². The molecule has 2 atom stereocenters. The molecule has 4 aromatic carbocycles. The second kappa shape index (κ2) is 20.0. The monoisotopic (exact) mass is 746 g/mol. The number of halogens is 1. The summed E-state index contributed by atoms with van der Waals surface area (Å²) in [6, 6.07) is 26.2. The van der Waals surface area contributed by atoms with Crippen molar-refractivity contribution in [3.8, 4) is 5.75 Å². The Morgan fingerprint density at radius 1 is 0.830 bits per heavy atom. The van der Waals surface area contributed by atoms with Crippen molar-refractivity contribution >= 4 is 40.2 Å². The Hall–Kier alpha value is -4.68. The molecule has 0 fully saturated rings. The summed E-state index contributed by atoms with van der Waals surface area (Å²) in [5, 5.41) is 8.15. The van der Waals surface area contributed by atoms with Gasteiger partial charge in [-0.05, 0) is 93.3 Å². The lowest BCUT2D eigenvalue weighted by Gasteiger charge is -2.37. The minimum absolute atomic E-state index is 0.169. The Labute approximate surface area is 317 Å². The summed E-state index contributed by atoms with van der Waals surface area (Å²) in [6.07, 6.45) is -0.546. The first-order chi connectivity index (χ1) is 25.4. The van der Waals surface area contributed by atoms with Gasteiger partial charge in [-0.2, -0.15) is 0 Å². The highest BCUT2D eigenvalue weighted by Crippen LogP contribution is 2.24. The number of hydroxylamine groups is 1. The second-order valence-corrected chi connectivity index (χ2v) is 13.9. The summed E-state index contributed by atoms with van der Waals surface area (Å²) in [7, 11) is 0. The third kappa shape index (κ3) is 13.0. The number of nitrogens with one attached hydrogen (secondary N) is 3. The minimum Gasteiger partial charge on any atom is -0.488 e. The Morgan fingerprint density at radius 2 is 1.47 bits per heavy atom. The van der Waals surface area contributed by atoms with Crippen LogP contribution in [0.25, 0.3) is 10.8 Å². The van der Waals surface area contributed by atoms with Crippen LogP contribution in [0.15, 0.2) is 91.0 Å². The molecule has 11 nitrogen and oxygen atoms in total. The molecular weight excluding hydrogens is 696 g/mol. The molecule has 0 spiro atoms. The van der Waals surface area contributed by atoms with Gasteiger partial charge >= 0.3 is 6.03 Å². The van der Waals surface area contributed by atoms with Crippen molar-refractivity contribution in [2.75, 3.05) is 19.8 Å². The van der Waals surface area contributed by atoms with E-state index in [4.69, 9.17) is 30.6 Å². The fourth-order valence-corrected chi connectivity index (χ4v) is 5.87. The maximum atomic E-state index is 14.8. The predicted molar refractivity (Wildman–Crippen MR) is 206 cm³/mol. The molecule has 0 saturated heterocycles. The molecule has 0 aromatic heterocycles. The Bertz CT molecular complexity index is 1770. The fourth-order valence-electron chi connectivity index (χ4n) is 5.75. The molecule has 12 heteroatoms. The van der Waals surface area contributed by atoms with Crippen LogP contribution in [0.5, 0.6) is 5.75 Å². The number of ether oxygens (including phenoxy) is 3. The van der Waals surface area contributed by atoms with E-state index in [0.29, 0.717) is 24.0 Å². The zero-order valence-electron chi connectivity index (χ0n) is 31.3. The molecule has 4 rings (SSSR count). The van der Waals surface area contributed by atoms with Crippen LogP contribution >= 0.6 is 11.6 Å². The van der Waals surface area contributed by atoms with Crippen LogP contribution in [0.2, 0.25) is 5.02 Å². The minimum atomic E-state index is -1.01. The number of rotatable bonds is 18. The summed E-state index contributed by atoms with van der Waals surface area (Å²) >= 11 is 5.93. The van der Waals surface area contributed by atoms with Gasteiger partial charge in [-0.25, -0.2) is 10.3 Å². The lowest BCUT2D eigenvalue weighted by molar-refractivity contribution is -0.179. The first-order valence-corrected chi connectivity index (χ1v) is 18.2. The van der Waals surface area contributed by atoms with E-state index in [1.165, 1.54) is 0 Å². The van der Waals surface area contributed by atoms with E-state index < -0.39 is 36.9 Å². The number of benzene rings is 4. The molecule has 0 bridgehead atoms. The van der Waals surface area contributed by atoms with Crippen LogP contribution in [0.4, 0.5) is 4.79 Å². The average Bonchev–Trinajstić information content (AvgIpc) is 3.13. The Morgan fingerprint density at radius 3 is 2.13 bits per heavy atom. The second-order valence-electron chi connectivity index (χ2n) is 13.5. The van der Waals surface area contributed by atoms with E-state index in [9.17, 15) is 14.4 Å². The molecule has 0 aliphatic rings. The van der Waals surface area contributed by atoms with Crippen LogP contribution in [-0.4, -0.2) is 66.5 Å². The molecule has 0 heterocycles. The third-order valence-electron chi connectivity index (χ3n) is 8.21. The summed E-state index contributed by atoms with van der Waals surface area (Å²) in [5.74, 6) is -0.255. The lowest BCUT2D eigenvalue weighted by atomic mass is 10.0. The Balaban J connectivity index is 1.56. The smallest absolute Gasteiger partial charge is 0.338 e. The average molecular weight is 747 g/mol. The quantitative estimate of drug-likeness (QED) is 0.0744. The maximum Gasteiger partial charge on any atom is 0.338 e. The van der Waals surface area contributed by atoms with Gasteiger partial charge in [-0.15, -0.1) is 0 Å². The van der Waals surface area contributed by atoms with E-state index in [2.05, 4.69) is 16.1 Å². The molecule has 0 saturated carbocycles. The fraction of sp³-hybridized carbons (Fsp3) is 0.390. The summed E-state index contributed by atoms with van der Waals surface area (Å²) < 4.78 is 17.9. The van der Waals surface area contributed by atoms with Crippen LogP contribution < -0.4 is 20.9 Å². The number of hydrogen-bond donors (Lipinski definition) is 3. The van der Waals surface area contributed by atoms with E-state index in [-0.39, 0.29) is 31.0 Å². The topological polar surface area (TPSA) is 127 Å². The number of carbonyl (C=O) groups is 3. The lowest BCUT2D eigenvalue weighted by Crippen LogP contribution is -2.55.